The van der Waals surface area contributed by atoms with Crippen molar-refractivity contribution in [1.29, 1.82) is 0 Å². The summed E-state index contributed by atoms with van der Waals surface area (Å²) in [5, 5.41) is 32.9. The third kappa shape index (κ3) is 2.49. The van der Waals surface area contributed by atoms with Crippen LogP contribution in [0.3, 0.4) is 0 Å². The lowest BCUT2D eigenvalue weighted by molar-refractivity contribution is -0.174. The Labute approximate surface area is 187 Å². The molecule has 3 N–H and O–H groups in total. The maximum absolute atomic E-state index is 13.0. The van der Waals surface area contributed by atoms with Gasteiger partial charge >= 0.3 is 0 Å². The van der Waals surface area contributed by atoms with Crippen molar-refractivity contribution in [2.45, 2.75) is 18.8 Å². The number of amides is 4. The van der Waals surface area contributed by atoms with Crippen molar-refractivity contribution in [3.05, 3.63) is 53.6 Å². The van der Waals surface area contributed by atoms with Gasteiger partial charge < -0.3 is 5.11 Å². The molecule has 9 heteroatoms. The number of phenolic OH excluding ortho intramolecular Hbond substituents is 1. The Morgan fingerprint density at radius 3 is 2.18 bits per heavy atom. The zero-order chi connectivity index (χ0) is 23.2. The lowest BCUT2D eigenvalue weighted by atomic mass is 9.57. The van der Waals surface area contributed by atoms with Gasteiger partial charge in [-0.25, -0.2) is 0 Å². The summed E-state index contributed by atoms with van der Waals surface area (Å²) < 4.78 is 0. The summed E-state index contributed by atoms with van der Waals surface area (Å²) in [5.74, 6) is -7.73. The second kappa shape index (κ2) is 6.72. The Kier molecular flexibility index (Phi) is 4.09. The highest BCUT2D eigenvalue weighted by molar-refractivity contribution is 6.06. The van der Waals surface area contributed by atoms with Crippen molar-refractivity contribution in [3.63, 3.8) is 0 Å². The van der Waals surface area contributed by atoms with E-state index in [4.69, 9.17) is 0 Å². The van der Waals surface area contributed by atoms with Gasteiger partial charge in [0.2, 0.25) is 0 Å². The van der Waals surface area contributed by atoms with E-state index in [-0.39, 0.29) is 28.7 Å². The second-order valence-electron chi connectivity index (χ2n) is 9.23. The molecule has 6 atom stereocenters. The van der Waals surface area contributed by atoms with Crippen LogP contribution in [-0.4, -0.2) is 49.3 Å². The Balaban J connectivity index is 1.56. The first kappa shape index (κ1) is 20.1. The molecule has 4 aliphatic rings. The number of aromatic hydroxyl groups is 1. The van der Waals surface area contributed by atoms with Crippen molar-refractivity contribution in [3.8, 4) is 5.75 Å². The fraction of sp³-hybridized carbons (Fsp3) is 0.333. The van der Waals surface area contributed by atoms with Crippen LogP contribution < -0.4 is 0 Å². The topological polar surface area (TPSA) is 135 Å². The monoisotopic (exact) mass is 448 g/mol. The molecule has 2 aromatic rings. The number of phenols is 1. The molecular formula is C24H20N2O7. The Hall–Kier alpha value is -3.56. The van der Waals surface area contributed by atoms with Gasteiger partial charge in [0, 0.05) is 16.9 Å². The van der Waals surface area contributed by atoms with Crippen LogP contribution in [0.4, 0.5) is 0 Å². The second-order valence-corrected chi connectivity index (χ2v) is 9.23. The highest BCUT2D eigenvalue weighted by atomic mass is 16.5. The van der Waals surface area contributed by atoms with Gasteiger partial charge in [0.05, 0.1) is 23.7 Å². The van der Waals surface area contributed by atoms with E-state index in [0.29, 0.717) is 16.5 Å². The number of benzene rings is 2. The molecule has 0 spiro atoms. The zero-order valence-corrected chi connectivity index (χ0v) is 17.3. The van der Waals surface area contributed by atoms with Crippen LogP contribution >= 0.6 is 0 Å². The molecule has 2 heterocycles. The number of imide groups is 2. The molecule has 168 valence electrons. The number of carbonyl (C=O) groups is 4. The van der Waals surface area contributed by atoms with Gasteiger partial charge in [-0.3, -0.25) is 29.6 Å². The van der Waals surface area contributed by atoms with Crippen LogP contribution in [0.2, 0.25) is 0 Å². The molecule has 0 radical (unpaired) electrons. The Morgan fingerprint density at radius 1 is 0.758 bits per heavy atom. The third-order valence-corrected chi connectivity index (χ3v) is 7.87. The average molecular weight is 448 g/mol. The first-order valence-corrected chi connectivity index (χ1v) is 10.8. The summed E-state index contributed by atoms with van der Waals surface area (Å²) in [6.07, 6.45) is 2.09. The van der Waals surface area contributed by atoms with E-state index >= 15 is 0 Å². The highest BCUT2D eigenvalue weighted by Crippen LogP contribution is 2.58. The minimum Gasteiger partial charge on any atom is -0.507 e. The van der Waals surface area contributed by atoms with Gasteiger partial charge in [-0.1, -0.05) is 48.0 Å². The van der Waals surface area contributed by atoms with E-state index in [2.05, 4.69) is 0 Å². The lowest BCUT2D eigenvalue weighted by Gasteiger charge is -2.43. The van der Waals surface area contributed by atoms with Crippen molar-refractivity contribution >= 4 is 34.4 Å². The van der Waals surface area contributed by atoms with Crippen LogP contribution in [0.15, 0.2) is 48.0 Å². The molecule has 2 aliphatic heterocycles. The maximum atomic E-state index is 13.0. The van der Waals surface area contributed by atoms with Crippen molar-refractivity contribution < 1.29 is 34.7 Å². The quantitative estimate of drug-likeness (QED) is 0.345. The number of rotatable bonds is 1. The van der Waals surface area contributed by atoms with Crippen LogP contribution in [0.25, 0.3) is 10.8 Å². The van der Waals surface area contributed by atoms with E-state index in [1.165, 1.54) is 0 Å². The van der Waals surface area contributed by atoms with Crippen molar-refractivity contribution in [2.75, 3.05) is 0 Å². The summed E-state index contributed by atoms with van der Waals surface area (Å²) >= 11 is 0. The fourth-order valence-corrected chi connectivity index (χ4v) is 6.43. The molecule has 6 rings (SSSR count). The summed E-state index contributed by atoms with van der Waals surface area (Å²) in [6.45, 7) is 0. The van der Waals surface area contributed by atoms with Gasteiger partial charge in [0.25, 0.3) is 23.6 Å². The normalized spacial score (nSPS) is 33.3. The van der Waals surface area contributed by atoms with Gasteiger partial charge in [0.1, 0.15) is 5.75 Å². The van der Waals surface area contributed by atoms with Gasteiger partial charge in [0.15, 0.2) is 0 Å². The van der Waals surface area contributed by atoms with Crippen molar-refractivity contribution in [2.24, 2.45) is 29.6 Å². The smallest absolute Gasteiger partial charge is 0.258 e. The number of fused-ring (bicyclic) bond motifs is 5. The lowest BCUT2D eigenvalue weighted by Crippen LogP contribution is -2.43. The number of allylic oxidation sites excluding steroid dienone is 2. The molecular weight excluding hydrogens is 428 g/mol. The van der Waals surface area contributed by atoms with Crippen LogP contribution in [0.1, 0.15) is 24.3 Å². The number of hydroxylamine groups is 4. The molecule has 4 amide bonds. The molecule has 0 unspecified atom stereocenters. The summed E-state index contributed by atoms with van der Waals surface area (Å²) in [5.41, 5.74) is 1.10. The molecule has 2 aliphatic carbocycles. The van der Waals surface area contributed by atoms with Crippen LogP contribution in [-0.2, 0) is 19.2 Å². The highest BCUT2D eigenvalue weighted by Gasteiger charge is 2.62. The molecule has 0 bridgehead atoms. The minimum absolute atomic E-state index is 0.0326. The predicted molar refractivity (Wildman–Crippen MR) is 110 cm³/mol. The van der Waals surface area contributed by atoms with Crippen molar-refractivity contribution in [1.82, 2.24) is 10.1 Å². The Morgan fingerprint density at radius 2 is 1.42 bits per heavy atom. The number of hydrogen-bond donors (Lipinski definition) is 3. The maximum Gasteiger partial charge on any atom is 0.258 e. The third-order valence-electron chi connectivity index (χ3n) is 7.87. The average Bonchev–Trinajstić information content (AvgIpc) is 3.18. The van der Waals surface area contributed by atoms with Crippen LogP contribution in [0.5, 0.6) is 5.75 Å². The first-order valence-electron chi connectivity index (χ1n) is 10.8. The largest absolute Gasteiger partial charge is 0.507 e. The molecule has 3 fully saturated rings. The molecule has 1 saturated carbocycles. The molecule has 9 nitrogen and oxygen atoms in total. The molecule has 33 heavy (non-hydrogen) atoms. The van der Waals surface area contributed by atoms with E-state index < -0.39 is 59.1 Å². The number of carbonyl (C=O) groups excluding carboxylic acids is 4. The van der Waals surface area contributed by atoms with E-state index in [1.807, 2.05) is 18.2 Å². The molecule has 2 aromatic carbocycles. The van der Waals surface area contributed by atoms with Gasteiger partial charge in [-0.2, -0.15) is 10.1 Å². The van der Waals surface area contributed by atoms with Gasteiger partial charge in [-0.15, -0.1) is 0 Å². The summed E-state index contributed by atoms with van der Waals surface area (Å²) in [4.78, 5) is 50.9. The van der Waals surface area contributed by atoms with Gasteiger partial charge in [-0.05, 0) is 24.1 Å². The standard InChI is InChI=1S/C24H20N2O7/c27-20-11-4-2-1-3-10(11)5-6-13(20)17-12-7-8-14-18(23(30)25(32)21(14)28)15(12)9-16-19(17)24(31)26(33)22(16)29/h1-7,14-19,27,32-33H,8-9H2/t14-,15+,16+,17+,18-,19+/m0/s1. The molecule has 0 aromatic heterocycles. The molecule has 2 saturated heterocycles. The fourth-order valence-electron chi connectivity index (χ4n) is 6.43. The van der Waals surface area contributed by atoms with E-state index in [0.717, 1.165) is 5.39 Å². The Bertz CT molecular complexity index is 1300. The predicted octanol–water partition coefficient (Wildman–Crippen LogP) is 1.96. The summed E-state index contributed by atoms with van der Waals surface area (Å²) in [6, 6.07) is 10.7. The summed E-state index contributed by atoms with van der Waals surface area (Å²) in [7, 11) is 0. The number of nitrogens with zero attached hydrogens (tertiary/aromatic N) is 2. The zero-order valence-electron chi connectivity index (χ0n) is 17.3. The number of hydrogen-bond acceptors (Lipinski definition) is 7. The minimum atomic E-state index is -0.939. The first-order chi connectivity index (χ1) is 15.8. The van der Waals surface area contributed by atoms with E-state index in [9.17, 15) is 34.7 Å². The van der Waals surface area contributed by atoms with Crippen LogP contribution in [0, 0.1) is 29.6 Å². The van der Waals surface area contributed by atoms with E-state index in [1.54, 1.807) is 24.3 Å². The SMILES string of the molecule is O=C1[C@H]2[C@H](CC=C3[C@H]2C[C@H]2C(=O)N(O)C(=O)[C@H]2[C@H]3c2ccc3ccccc3c2O)C(=O)N1O.